The molecular weight excluding hydrogens is 370 g/mol. The second kappa shape index (κ2) is 8.24. The van der Waals surface area contributed by atoms with E-state index in [2.05, 4.69) is 26.9 Å². The van der Waals surface area contributed by atoms with Gasteiger partial charge in [0, 0.05) is 35.8 Å². The highest BCUT2D eigenvalue weighted by atomic mass is 32.1. The number of ether oxygens (including phenoxy) is 1. The predicted octanol–water partition coefficient (Wildman–Crippen LogP) is 3.88. The van der Waals surface area contributed by atoms with E-state index >= 15 is 0 Å². The van der Waals surface area contributed by atoms with Crippen molar-refractivity contribution in [1.29, 1.82) is 0 Å². The van der Waals surface area contributed by atoms with E-state index in [1.807, 2.05) is 31.3 Å². The molecule has 1 fully saturated rings. The van der Waals surface area contributed by atoms with Gasteiger partial charge in [-0.1, -0.05) is 0 Å². The number of rotatable bonds is 5. The van der Waals surface area contributed by atoms with Crippen LogP contribution in [0.1, 0.15) is 35.0 Å². The number of hydrogen-bond acceptors (Lipinski definition) is 7. The van der Waals surface area contributed by atoms with Crippen molar-refractivity contribution in [1.82, 2.24) is 19.9 Å². The number of hydrogen-bond donors (Lipinski definition) is 1. The number of piperidine rings is 1. The van der Waals surface area contributed by atoms with Gasteiger partial charge in [0.05, 0.1) is 9.88 Å². The maximum atomic E-state index is 6.03. The molecule has 1 saturated heterocycles. The molecule has 0 unspecified atom stereocenters. The molecule has 3 aromatic heterocycles. The van der Waals surface area contributed by atoms with Gasteiger partial charge in [0.25, 0.3) is 0 Å². The first-order chi connectivity index (χ1) is 13.6. The lowest BCUT2D eigenvalue weighted by Crippen LogP contribution is -2.29. The molecule has 0 saturated carbocycles. The minimum Gasteiger partial charge on any atom is -0.485 e. The van der Waals surface area contributed by atoms with E-state index in [1.54, 1.807) is 23.7 Å². The van der Waals surface area contributed by atoms with Crippen LogP contribution in [0.25, 0.3) is 10.4 Å². The number of nitrogens with zero attached hydrogens (tertiary/aromatic N) is 4. The fraction of sp³-hybridized carbons (Fsp3) is 0.381. The van der Waals surface area contributed by atoms with E-state index in [4.69, 9.17) is 10.5 Å². The van der Waals surface area contributed by atoms with Crippen molar-refractivity contribution in [2.24, 2.45) is 0 Å². The molecule has 2 N–H and O–H groups in total. The summed E-state index contributed by atoms with van der Waals surface area (Å²) in [5, 5.41) is 1.22. The number of likely N-dealkylation sites (tertiary alicyclic amines) is 1. The molecule has 28 heavy (non-hydrogen) atoms. The van der Waals surface area contributed by atoms with E-state index < -0.39 is 0 Å². The lowest BCUT2D eigenvalue weighted by atomic mass is 9.98. The Balaban J connectivity index is 1.49. The zero-order valence-electron chi connectivity index (χ0n) is 16.3. The Morgan fingerprint density at radius 1 is 1.18 bits per heavy atom. The number of nitrogen functional groups attached to an aromatic ring is 1. The van der Waals surface area contributed by atoms with Crippen molar-refractivity contribution >= 4 is 17.2 Å². The molecule has 3 aromatic rings. The van der Waals surface area contributed by atoms with Crippen LogP contribution < -0.4 is 10.5 Å². The Kier molecular flexibility index (Phi) is 5.54. The Hall–Kier alpha value is -2.51. The molecule has 6 nitrogen and oxygen atoms in total. The van der Waals surface area contributed by atoms with Crippen molar-refractivity contribution in [2.75, 3.05) is 25.9 Å². The third kappa shape index (κ3) is 4.31. The summed E-state index contributed by atoms with van der Waals surface area (Å²) in [5.74, 6) is 1.55. The molecule has 0 spiro atoms. The average Bonchev–Trinajstić information content (AvgIpc) is 3.18. The molecule has 1 aliphatic heterocycles. The molecule has 0 bridgehead atoms. The van der Waals surface area contributed by atoms with Crippen molar-refractivity contribution in [3.63, 3.8) is 0 Å². The summed E-state index contributed by atoms with van der Waals surface area (Å²) in [7, 11) is 2.18. The molecule has 146 valence electrons. The predicted molar refractivity (Wildman–Crippen MR) is 113 cm³/mol. The second-order valence-corrected chi connectivity index (χ2v) is 8.40. The van der Waals surface area contributed by atoms with E-state index in [1.165, 1.54) is 17.8 Å². The van der Waals surface area contributed by atoms with Gasteiger partial charge in [-0.2, -0.15) is 0 Å². The van der Waals surface area contributed by atoms with Crippen molar-refractivity contribution in [3.8, 4) is 16.2 Å². The van der Waals surface area contributed by atoms with Gasteiger partial charge in [-0.15, -0.1) is 11.3 Å². The maximum Gasteiger partial charge on any atom is 0.166 e. The number of aryl methyl sites for hydroxylation is 1. The SMILES string of the molecule is Cc1cc(COc2cc(-c3cnc(C4CCN(C)CC4)s3)cnc2N)ccn1. The highest BCUT2D eigenvalue weighted by molar-refractivity contribution is 7.15. The molecule has 0 amide bonds. The molecular formula is C21H25N5OS. The number of nitrogens with two attached hydrogens (primary N) is 1. The monoisotopic (exact) mass is 395 g/mol. The zero-order chi connectivity index (χ0) is 19.5. The number of aromatic nitrogens is 3. The Morgan fingerprint density at radius 2 is 2.00 bits per heavy atom. The van der Waals surface area contributed by atoms with Gasteiger partial charge >= 0.3 is 0 Å². The molecule has 4 rings (SSSR count). The summed E-state index contributed by atoms with van der Waals surface area (Å²) >= 11 is 1.75. The molecule has 0 atom stereocenters. The fourth-order valence-electron chi connectivity index (χ4n) is 3.43. The smallest absolute Gasteiger partial charge is 0.166 e. The fourth-order valence-corrected chi connectivity index (χ4v) is 4.49. The van der Waals surface area contributed by atoms with Gasteiger partial charge in [0.1, 0.15) is 6.61 Å². The minimum atomic E-state index is 0.398. The van der Waals surface area contributed by atoms with Crippen LogP contribution in [-0.4, -0.2) is 40.0 Å². The van der Waals surface area contributed by atoms with Crippen LogP contribution in [0.3, 0.4) is 0 Å². The standard InChI is InChI=1S/C21H25N5OS/c1-14-9-15(3-6-23-14)13-27-18-10-17(11-24-20(18)22)19-12-25-21(28-19)16-4-7-26(2)8-5-16/h3,6,9-12,16H,4-5,7-8,13H2,1-2H3,(H2,22,24). The van der Waals surface area contributed by atoms with Crippen LogP contribution in [0.2, 0.25) is 0 Å². The van der Waals surface area contributed by atoms with Crippen LogP contribution in [0, 0.1) is 6.92 Å². The first-order valence-electron chi connectivity index (χ1n) is 9.53. The van der Waals surface area contributed by atoms with Crippen LogP contribution in [0.15, 0.2) is 36.8 Å². The van der Waals surface area contributed by atoms with Gasteiger partial charge in [-0.25, -0.2) is 9.97 Å². The van der Waals surface area contributed by atoms with Gasteiger partial charge < -0.3 is 15.4 Å². The molecule has 0 radical (unpaired) electrons. The summed E-state index contributed by atoms with van der Waals surface area (Å²) in [6.07, 6.45) is 7.87. The molecule has 0 aliphatic carbocycles. The lowest BCUT2D eigenvalue weighted by Gasteiger charge is -2.27. The highest BCUT2D eigenvalue weighted by Crippen LogP contribution is 2.36. The molecule has 0 aromatic carbocycles. The average molecular weight is 396 g/mol. The van der Waals surface area contributed by atoms with E-state index in [0.29, 0.717) is 24.1 Å². The van der Waals surface area contributed by atoms with E-state index in [0.717, 1.165) is 34.8 Å². The third-order valence-corrected chi connectivity index (χ3v) is 6.32. The van der Waals surface area contributed by atoms with Crippen molar-refractivity contribution in [2.45, 2.75) is 32.3 Å². The molecule has 7 heteroatoms. The van der Waals surface area contributed by atoms with Gasteiger partial charge in [-0.05, 0) is 63.7 Å². The maximum absolute atomic E-state index is 6.03. The summed E-state index contributed by atoms with van der Waals surface area (Å²) < 4.78 is 5.94. The van der Waals surface area contributed by atoms with E-state index in [-0.39, 0.29) is 0 Å². The summed E-state index contributed by atoms with van der Waals surface area (Å²) in [6, 6.07) is 5.91. The van der Waals surface area contributed by atoms with Crippen LogP contribution in [0.4, 0.5) is 5.82 Å². The van der Waals surface area contributed by atoms with Gasteiger partial charge in [-0.3, -0.25) is 4.98 Å². The first kappa shape index (κ1) is 18.8. The highest BCUT2D eigenvalue weighted by Gasteiger charge is 2.21. The minimum absolute atomic E-state index is 0.398. The summed E-state index contributed by atoms with van der Waals surface area (Å²) in [4.78, 5) is 16.7. The van der Waals surface area contributed by atoms with Gasteiger partial charge in [0.2, 0.25) is 0 Å². The molecule has 4 heterocycles. The van der Waals surface area contributed by atoms with E-state index in [9.17, 15) is 0 Å². The number of anilines is 1. The Bertz CT molecular complexity index is 949. The van der Waals surface area contributed by atoms with Crippen LogP contribution in [0.5, 0.6) is 5.75 Å². The largest absolute Gasteiger partial charge is 0.485 e. The third-order valence-electron chi connectivity index (χ3n) is 5.11. The topological polar surface area (TPSA) is 77.2 Å². The lowest BCUT2D eigenvalue weighted by molar-refractivity contribution is 0.255. The summed E-state index contributed by atoms with van der Waals surface area (Å²) in [6.45, 7) is 4.67. The Labute approximate surface area is 169 Å². The number of thiazole rings is 1. The first-order valence-corrected chi connectivity index (χ1v) is 10.3. The van der Waals surface area contributed by atoms with Crippen molar-refractivity contribution in [3.05, 3.63) is 53.1 Å². The van der Waals surface area contributed by atoms with Crippen molar-refractivity contribution < 1.29 is 4.74 Å². The zero-order valence-corrected chi connectivity index (χ0v) is 17.1. The normalized spacial score (nSPS) is 15.6. The number of pyridine rings is 2. The molecule has 1 aliphatic rings. The van der Waals surface area contributed by atoms with Crippen LogP contribution in [-0.2, 0) is 6.61 Å². The van der Waals surface area contributed by atoms with Crippen LogP contribution >= 0.6 is 11.3 Å². The Morgan fingerprint density at radius 3 is 2.79 bits per heavy atom. The summed E-state index contributed by atoms with van der Waals surface area (Å²) in [5.41, 5.74) is 9.04. The van der Waals surface area contributed by atoms with Gasteiger partial charge in [0.15, 0.2) is 11.6 Å². The second-order valence-electron chi connectivity index (χ2n) is 7.34. The quantitative estimate of drug-likeness (QED) is 0.706.